The Balaban J connectivity index is 2.03. The molecule has 0 amide bonds. The van der Waals surface area contributed by atoms with E-state index in [1.54, 1.807) is 17.8 Å². The summed E-state index contributed by atoms with van der Waals surface area (Å²) in [6.07, 6.45) is 5.90. The number of ether oxygens (including phenoxy) is 1. The Morgan fingerprint density at radius 2 is 2.40 bits per heavy atom. The molecular weight excluding hydrogens is 251 g/mol. The van der Waals surface area contributed by atoms with Crippen LogP contribution in [-0.2, 0) is 0 Å². The van der Waals surface area contributed by atoms with Crippen LogP contribution in [0.25, 0.3) is 5.65 Å². The lowest BCUT2D eigenvalue weighted by molar-refractivity contribution is 0.383. The zero-order valence-electron chi connectivity index (χ0n) is 11.8. The van der Waals surface area contributed by atoms with E-state index in [0.717, 1.165) is 42.4 Å². The zero-order chi connectivity index (χ0) is 14.1. The standard InChI is InChI=1S/C14H17BN4O/c1-10-8-17-19-13(20-2)6-12(18-14(10)19)11-4-3-5-15(7-11)9-16/h6,8,11H,3-5,7H2,1-2H3. The minimum absolute atomic E-state index is 0.156. The SMILES string of the molecule is COc1cc(C2CCCB(C#N)C2)nc2c(C)cnn12. The highest BCUT2D eigenvalue weighted by molar-refractivity contribution is 6.67. The number of nitriles is 1. The first-order chi connectivity index (χ1) is 9.72. The molecule has 1 atom stereocenters. The first kappa shape index (κ1) is 13.0. The van der Waals surface area contributed by atoms with Crippen molar-refractivity contribution in [2.45, 2.75) is 38.3 Å². The third-order valence-electron chi connectivity index (χ3n) is 4.12. The largest absolute Gasteiger partial charge is 0.481 e. The fraction of sp³-hybridized carbons (Fsp3) is 0.500. The second-order valence-corrected chi connectivity index (χ2v) is 5.48. The quantitative estimate of drug-likeness (QED) is 0.785. The summed E-state index contributed by atoms with van der Waals surface area (Å²) in [5.74, 6) is 3.45. The van der Waals surface area contributed by atoms with Gasteiger partial charge in [-0.25, -0.2) is 10.2 Å². The van der Waals surface area contributed by atoms with Gasteiger partial charge in [0.25, 0.3) is 6.71 Å². The Bertz CT molecular complexity index is 676. The van der Waals surface area contributed by atoms with Crippen LogP contribution < -0.4 is 4.74 Å². The molecule has 1 fully saturated rings. The second kappa shape index (κ2) is 5.16. The summed E-state index contributed by atoms with van der Waals surface area (Å²) in [6, 6.07) is 1.96. The molecule has 2 aromatic rings. The molecular formula is C14H17BN4O. The molecule has 0 aromatic carbocycles. The first-order valence-corrected chi connectivity index (χ1v) is 7.01. The van der Waals surface area contributed by atoms with Crippen molar-refractivity contribution in [3.8, 4) is 11.8 Å². The van der Waals surface area contributed by atoms with Gasteiger partial charge in [-0.05, 0) is 19.3 Å². The van der Waals surface area contributed by atoms with E-state index in [0.29, 0.717) is 11.8 Å². The summed E-state index contributed by atoms with van der Waals surface area (Å²) in [5.41, 5.74) is 2.91. The summed E-state index contributed by atoms with van der Waals surface area (Å²) in [5, 5.41) is 13.4. The van der Waals surface area contributed by atoms with E-state index in [1.165, 1.54) is 0 Å². The Kier molecular flexibility index (Phi) is 3.35. The van der Waals surface area contributed by atoms with Crippen LogP contribution in [0.15, 0.2) is 12.3 Å². The lowest BCUT2D eigenvalue weighted by atomic mass is 9.41. The Hall–Kier alpha value is -2.03. The maximum atomic E-state index is 9.13. The van der Waals surface area contributed by atoms with Gasteiger partial charge in [0, 0.05) is 17.6 Å². The van der Waals surface area contributed by atoms with Crippen molar-refractivity contribution >= 4 is 12.4 Å². The topological polar surface area (TPSA) is 63.2 Å². The summed E-state index contributed by atoms with van der Waals surface area (Å²) in [7, 11) is 1.65. The molecule has 2 aromatic heterocycles. The van der Waals surface area contributed by atoms with Crippen LogP contribution in [0.2, 0.25) is 12.6 Å². The summed E-state index contributed by atoms with van der Waals surface area (Å²) in [6.45, 7) is 2.15. The van der Waals surface area contributed by atoms with Gasteiger partial charge in [0.1, 0.15) is 0 Å². The predicted molar refractivity (Wildman–Crippen MR) is 77.2 cm³/mol. The monoisotopic (exact) mass is 268 g/mol. The van der Waals surface area contributed by atoms with Gasteiger partial charge in [0.15, 0.2) is 5.65 Å². The van der Waals surface area contributed by atoms with Crippen molar-refractivity contribution in [3.05, 3.63) is 23.5 Å². The average Bonchev–Trinajstić information content (AvgIpc) is 2.88. The van der Waals surface area contributed by atoms with E-state index in [-0.39, 0.29) is 6.71 Å². The lowest BCUT2D eigenvalue weighted by Gasteiger charge is -2.23. The molecule has 102 valence electrons. The molecule has 0 saturated carbocycles. The number of hydrogen-bond acceptors (Lipinski definition) is 4. The molecule has 3 heterocycles. The highest BCUT2D eigenvalue weighted by Gasteiger charge is 2.28. The molecule has 6 heteroatoms. The van der Waals surface area contributed by atoms with Crippen LogP contribution in [-0.4, -0.2) is 28.4 Å². The predicted octanol–water partition coefficient (Wildman–Crippen LogP) is 2.48. The summed E-state index contributed by atoms with van der Waals surface area (Å²) in [4.78, 5) is 4.75. The van der Waals surface area contributed by atoms with E-state index in [1.807, 2.05) is 13.0 Å². The van der Waals surface area contributed by atoms with Crippen molar-refractivity contribution in [2.24, 2.45) is 0 Å². The molecule has 0 aliphatic carbocycles. The molecule has 0 radical (unpaired) electrons. The average molecular weight is 268 g/mol. The number of methoxy groups -OCH3 is 1. The van der Waals surface area contributed by atoms with Crippen molar-refractivity contribution in [3.63, 3.8) is 0 Å². The van der Waals surface area contributed by atoms with Crippen LogP contribution >= 0.6 is 0 Å². The molecule has 3 rings (SSSR count). The van der Waals surface area contributed by atoms with Crippen molar-refractivity contribution in [1.82, 2.24) is 14.6 Å². The Labute approximate surface area is 118 Å². The fourth-order valence-corrected chi connectivity index (χ4v) is 2.99. The third-order valence-corrected chi connectivity index (χ3v) is 4.12. The molecule has 20 heavy (non-hydrogen) atoms. The minimum Gasteiger partial charge on any atom is -0.481 e. The van der Waals surface area contributed by atoms with Crippen LogP contribution in [0.1, 0.15) is 30.0 Å². The van der Waals surface area contributed by atoms with Crippen molar-refractivity contribution < 1.29 is 4.74 Å². The highest BCUT2D eigenvalue weighted by Crippen LogP contribution is 2.34. The van der Waals surface area contributed by atoms with Gasteiger partial charge >= 0.3 is 0 Å². The normalized spacial score (nSPS) is 19.1. The van der Waals surface area contributed by atoms with Crippen LogP contribution in [0, 0.1) is 18.2 Å². The molecule has 0 spiro atoms. The van der Waals surface area contributed by atoms with Crippen LogP contribution in [0.3, 0.4) is 0 Å². The van der Waals surface area contributed by atoms with Gasteiger partial charge < -0.3 is 4.74 Å². The number of hydrogen-bond donors (Lipinski definition) is 0. The molecule has 1 aliphatic rings. The number of aryl methyl sites for hydroxylation is 1. The smallest absolute Gasteiger partial charge is 0.268 e. The minimum atomic E-state index is 0.156. The molecule has 1 unspecified atom stereocenters. The van der Waals surface area contributed by atoms with Gasteiger partial charge in [-0.15, -0.1) is 0 Å². The van der Waals surface area contributed by atoms with Gasteiger partial charge in [-0.3, -0.25) is 0 Å². The number of aromatic nitrogens is 3. The number of nitrogens with zero attached hydrogens (tertiary/aromatic N) is 4. The third kappa shape index (κ3) is 2.13. The van der Waals surface area contributed by atoms with E-state index >= 15 is 0 Å². The number of rotatable bonds is 2. The maximum absolute atomic E-state index is 9.13. The van der Waals surface area contributed by atoms with Crippen molar-refractivity contribution in [2.75, 3.05) is 7.11 Å². The molecule has 0 bridgehead atoms. The van der Waals surface area contributed by atoms with Crippen molar-refractivity contribution in [1.29, 1.82) is 5.26 Å². The van der Waals surface area contributed by atoms with E-state index in [4.69, 9.17) is 15.0 Å². The summed E-state index contributed by atoms with van der Waals surface area (Å²) >= 11 is 0. The first-order valence-electron chi connectivity index (χ1n) is 7.01. The fourth-order valence-electron chi connectivity index (χ4n) is 2.99. The highest BCUT2D eigenvalue weighted by atomic mass is 16.5. The van der Waals surface area contributed by atoms with Gasteiger partial charge in [0.05, 0.1) is 19.0 Å². The lowest BCUT2D eigenvalue weighted by Crippen LogP contribution is -2.21. The molecule has 1 saturated heterocycles. The Morgan fingerprint density at radius 1 is 1.55 bits per heavy atom. The van der Waals surface area contributed by atoms with Gasteiger partial charge in [0.2, 0.25) is 5.88 Å². The zero-order valence-corrected chi connectivity index (χ0v) is 11.8. The van der Waals surface area contributed by atoms with Gasteiger partial charge in [-0.1, -0.05) is 19.1 Å². The molecule has 1 aliphatic heterocycles. The van der Waals surface area contributed by atoms with Crippen LogP contribution in [0.5, 0.6) is 5.88 Å². The summed E-state index contributed by atoms with van der Waals surface area (Å²) < 4.78 is 7.15. The van der Waals surface area contributed by atoms with E-state index < -0.39 is 0 Å². The van der Waals surface area contributed by atoms with E-state index in [2.05, 4.69) is 11.1 Å². The van der Waals surface area contributed by atoms with Crippen LogP contribution in [0.4, 0.5) is 0 Å². The second-order valence-electron chi connectivity index (χ2n) is 5.48. The van der Waals surface area contributed by atoms with E-state index in [9.17, 15) is 0 Å². The number of fused-ring (bicyclic) bond motifs is 1. The molecule has 5 nitrogen and oxygen atoms in total. The molecule has 0 N–H and O–H groups in total. The van der Waals surface area contributed by atoms with Gasteiger partial charge in [-0.2, -0.15) is 9.61 Å². The Morgan fingerprint density at radius 3 is 3.15 bits per heavy atom. The maximum Gasteiger partial charge on any atom is 0.268 e.